The average Bonchev–Trinajstić information content (AvgIpc) is 3.39. The second-order valence-electron chi connectivity index (χ2n) is 6.90. The summed E-state index contributed by atoms with van der Waals surface area (Å²) >= 11 is 0. The minimum absolute atomic E-state index is 0.352. The van der Waals surface area contributed by atoms with Gasteiger partial charge in [-0.05, 0) is 24.8 Å². The number of anilines is 1. The van der Waals surface area contributed by atoms with E-state index in [2.05, 4.69) is 46.8 Å². The lowest BCUT2D eigenvalue weighted by Crippen LogP contribution is -2.16. The molecule has 0 aliphatic heterocycles. The zero-order chi connectivity index (χ0) is 17.5. The highest BCUT2D eigenvalue weighted by molar-refractivity contribution is 5.74. The summed E-state index contributed by atoms with van der Waals surface area (Å²) in [7, 11) is 0. The van der Waals surface area contributed by atoms with Gasteiger partial charge in [-0.25, -0.2) is 9.97 Å². The van der Waals surface area contributed by atoms with Crippen LogP contribution in [0, 0.1) is 5.92 Å². The van der Waals surface area contributed by atoms with Crippen LogP contribution in [0.4, 0.5) is 5.82 Å². The molecule has 0 bridgehead atoms. The van der Waals surface area contributed by atoms with E-state index in [-0.39, 0.29) is 0 Å². The van der Waals surface area contributed by atoms with Crippen molar-refractivity contribution in [3.8, 4) is 0 Å². The summed E-state index contributed by atoms with van der Waals surface area (Å²) in [5.41, 5.74) is 2.69. The molecule has 3 atom stereocenters. The number of rotatable bonds is 4. The van der Waals surface area contributed by atoms with E-state index in [9.17, 15) is 0 Å². The highest BCUT2D eigenvalue weighted by Gasteiger charge is 2.37. The summed E-state index contributed by atoms with van der Waals surface area (Å²) in [6.45, 7) is 2.25. The first-order chi connectivity index (χ1) is 12.8. The molecule has 8 heteroatoms. The molecular weight excluding hydrogens is 328 g/mol. The lowest BCUT2D eigenvalue weighted by atomic mass is 9.93. The molecule has 1 fully saturated rings. The molecule has 0 amide bonds. The molecule has 1 aliphatic carbocycles. The second-order valence-corrected chi connectivity index (χ2v) is 6.90. The first-order valence-corrected chi connectivity index (χ1v) is 9.03. The maximum Gasteiger partial charge on any atom is 0.179 e. The van der Waals surface area contributed by atoms with Crippen molar-refractivity contribution in [2.45, 2.75) is 38.1 Å². The Balaban J connectivity index is 1.51. The summed E-state index contributed by atoms with van der Waals surface area (Å²) < 4.78 is 2.15. The van der Waals surface area contributed by atoms with Crippen LogP contribution >= 0.6 is 0 Å². The van der Waals surface area contributed by atoms with Gasteiger partial charge in [-0.3, -0.25) is 9.38 Å². The van der Waals surface area contributed by atoms with E-state index < -0.39 is 0 Å². The van der Waals surface area contributed by atoms with E-state index in [1.165, 1.54) is 0 Å². The third kappa shape index (κ3) is 2.40. The molecule has 4 aromatic rings. The molecule has 4 heterocycles. The standard InChI is InChI=1S/C18H20N8/c1-2-11-7-12(23-15-9-19-5-6-20-15)8-13(11)18-25-24-16-10-22-17-14(26(16)18)3-4-21-17/h3-6,9-13,21H,2,7-8H2,1H3,(H,20,23)/t11-,12+,13+/m1/s1. The predicted molar refractivity (Wildman–Crippen MR) is 97.8 cm³/mol. The van der Waals surface area contributed by atoms with E-state index in [1.807, 2.05) is 12.3 Å². The smallest absolute Gasteiger partial charge is 0.179 e. The molecule has 5 rings (SSSR count). The summed E-state index contributed by atoms with van der Waals surface area (Å²) in [4.78, 5) is 16.1. The summed E-state index contributed by atoms with van der Waals surface area (Å²) in [5.74, 6) is 2.77. The molecule has 1 saturated carbocycles. The topological polar surface area (TPSA) is 96.7 Å². The Morgan fingerprint density at radius 1 is 1.19 bits per heavy atom. The van der Waals surface area contributed by atoms with Gasteiger partial charge in [0.25, 0.3) is 0 Å². The Kier molecular flexibility index (Phi) is 3.55. The highest BCUT2D eigenvalue weighted by Crippen LogP contribution is 2.42. The van der Waals surface area contributed by atoms with Gasteiger partial charge in [0.15, 0.2) is 11.3 Å². The maximum absolute atomic E-state index is 4.55. The lowest BCUT2D eigenvalue weighted by molar-refractivity contribution is 0.451. The average molecular weight is 348 g/mol. The SMILES string of the molecule is CC[C@@H]1C[C@H](Nc2cnccn2)C[C@@H]1c1nnc2cnc3[nH]ccc3n12. The van der Waals surface area contributed by atoms with Crippen molar-refractivity contribution < 1.29 is 0 Å². The summed E-state index contributed by atoms with van der Waals surface area (Å²) in [6.07, 6.45) is 12.1. The number of hydrogen-bond acceptors (Lipinski definition) is 6. The number of nitrogens with zero attached hydrogens (tertiary/aromatic N) is 6. The van der Waals surface area contributed by atoms with Crippen molar-refractivity contribution in [2.24, 2.45) is 5.92 Å². The monoisotopic (exact) mass is 348 g/mol. The van der Waals surface area contributed by atoms with Gasteiger partial charge in [-0.1, -0.05) is 13.3 Å². The van der Waals surface area contributed by atoms with Crippen molar-refractivity contribution in [3.05, 3.63) is 42.9 Å². The van der Waals surface area contributed by atoms with Crippen LogP contribution in [0.15, 0.2) is 37.1 Å². The molecule has 0 saturated heterocycles. The number of H-pyrrole nitrogens is 1. The van der Waals surface area contributed by atoms with E-state index >= 15 is 0 Å². The van der Waals surface area contributed by atoms with Crippen molar-refractivity contribution in [1.82, 2.24) is 34.5 Å². The highest BCUT2D eigenvalue weighted by atomic mass is 15.3. The fourth-order valence-corrected chi connectivity index (χ4v) is 4.23. The fourth-order valence-electron chi connectivity index (χ4n) is 4.23. The van der Waals surface area contributed by atoms with Gasteiger partial charge in [-0.15, -0.1) is 10.2 Å². The Morgan fingerprint density at radius 3 is 3.00 bits per heavy atom. The minimum atomic E-state index is 0.352. The summed E-state index contributed by atoms with van der Waals surface area (Å²) in [6, 6.07) is 2.39. The molecule has 8 nitrogen and oxygen atoms in total. The van der Waals surface area contributed by atoms with Crippen LogP contribution in [0.25, 0.3) is 16.8 Å². The fraction of sp³-hybridized carbons (Fsp3) is 0.389. The molecular formula is C18H20N8. The van der Waals surface area contributed by atoms with Gasteiger partial charge in [0.05, 0.1) is 17.9 Å². The van der Waals surface area contributed by atoms with Crippen molar-refractivity contribution >= 4 is 22.6 Å². The van der Waals surface area contributed by atoms with Crippen molar-refractivity contribution in [1.29, 1.82) is 0 Å². The van der Waals surface area contributed by atoms with E-state index in [0.717, 1.165) is 47.7 Å². The zero-order valence-corrected chi connectivity index (χ0v) is 14.5. The quantitative estimate of drug-likeness (QED) is 0.589. The number of nitrogens with one attached hydrogen (secondary N) is 2. The van der Waals surface area contributed by atoms with Crippen molar-refractivity contribution in [3.63, 3.8) is 0 Å². The maximum atomic E-state index is 4.55. The number of aromatic amines is 1. The second kappa shape index (κ2) is 6.05. The van der Waals surface area contributed by atoms with E-state index in [4.69, 9.17) is 0 Å². The third-order valence-corrected chi connectivity index (χ3v) is 5.43. The van der Waals surface area contributed by atoms with E-state index in [0.29, 0.717) is 17.9 Å². The first-order valence-electron chi connectivity index (χ1n) is 9.03. The van der Waals surface area contributed by atoms with Crippen LogP contribution in [0.2, 0.25) is 0 Å². The first kappa shape index (κ1) is 15.2. The van der Waals surface area contributed by atoms with Gasteiger partial charge < -0.3 is 10.3 Å². The number of hydrogen-bond donors (Lipinski definition) is 2. The minimum Gasteiger partial charge on any atom is -0.366 e. The molecule has 1 aliphatic rings. The largest absolute Gasteiger partial charge is 0.366 e. The Morgan fingerprint density at radius 2 is 2.15 bits per heavy atom. The normalized spacial score (nSPS) is 23.0. The molecule has 0 aromatic carbocycles. The lowest BCUT2D eigenvalue weighted by Gasteiger charge is -2.15. The van der Waals surface area contributed by atoms with Crippen LogP contribution in [0.3, 0.4) is 0 Å². The van der Waals surface area contributed by atoms with Crippen LogP contribution in [0.1, 0.15) is 37.9 Å². The van der Waals surface area contributed by atoms with Gasteiger partial charge in [0, 0.05) is 30.6 Å². The molecule has 26 heavy (non-hydrogen) atoms. The van der Waals surface area contributed by atoms with Gasteiger partial charge >= 0.3 is 0 Å². The van der Waals surface area contributed by atoms with Gasteiger partial charge in [-0.2, -0.15) is 0 Å². The summed E-state index contributed by atoms with van der Waals surface area (Å²) in [5, 5.41) is 12.4. The Labute approximate surface area is 150 Å². The molecule has 0 spiro atoms. The van der Waals surface area contributed by atoms with Gasteiger partial charge in [0.2, 0.25) is 0 Å². The number of fused-ring (bicyclic) bond motifs is 3. The molecule has 4 aromatic heterocycles. The Hall–Kier alpha value is -3.03. The molecule has 0 radical (unpaired) electrons. The van der Waals surface area contributed by atoms with E-state index in [1.54, 1.807) is 24.8 Å². The zero-order valence-electron chi connectivity index (χ0n) is 14.5. The van der Waals surface area contributed by atoms with Gasteiger partial charge in [0.1, 0.15) is 11.6 Å². The Bertz CT molecular complexity index is 1040. The molecule has 2 N–H and O–H groups in total. The predicted octanol–water partition coefficient (Wildman–Crippen LogP) is 2.78. The number of aromatic nitrogens is 7. The molecule has 132 valence electrons. The van der Waals surface area contributed by atoms with Crippen LogP contribution in [-0.4, -0.2) is 40.6 Å². The van der Waals surface area contributed by atoms with Crippen molar-refractivity contribution in [2.75, 3.05) is 5.32 Å². The molecule has 0 unspecified atom stereocenters. The van der Waals surface area contributed by atoms with Crippen LogP contribution in [-0.2, 0) is 0 Å². The van der Waals surface area contributed by atoms with Crippen LogP contribution < -0.4 is 5.32 Å². The third-order valence-electron chi connectivity index (χ3n) is 5.43. The van der Waals surface area contributed by atoms with Crippen LogP contribution in [0.5, 0.6) is 0 Å².